The van der Waals surface area contributed by atoms with Gasteiger partial charge in [-0.3, -0.25) is 4.21 Å². The molecule has 2 N–H and O–H groups in total. The Labute approximate surface area is 103 Å². The van der Waals surface area contributed by atoms with E-state index in [2.05, 4.69) is 20.8 Å². The molecule has 0 amide bonds. The van der Waals surface area contributed by atoms with Crippen molar-refractivity contribution in [1.29, 1.82) is 0 Å². The molecule has 16 heavy (non-hydrogen) atoms. The van der Waals surface area contributed by atoms with Crippen LogP contribution >= 0.6 is 0 Å². The van der Waals surface area contributed by atoms with E-state index < -0.39 is 10.8 Å². The van der Waals surface area contributed by atoms with Crippen LogP contribution < -0.4 is 5.73 Å². The van der Waals surface area contributed by atoms with Crippen LogP contribution in [0.25, 0.3) is 0 Å². The van der Waals surface area contributed by atoms with Gasteiger partial charge in [0.15, 0.2) is 0 Å². The molecule has 1 aliphatic carbocycles. The lowest BCUT2D eigenvalue weighted by Crippen LogP contribution is -2.39. The SMILES string of the molecule is CCCC1CCC(CN)C(S(=O)C(C)C)C1. The molecular formula is C13H27NOS. The van der Waals surface area contributed by atoms with Crippen molar-refractivity contribution in [1.82, 2.24) is 0 Å². The highest BCUT2D eigenvalue weighted by Gasteiger charge is 2.34. The predicted octanol–water partition coefficient (Wildman–Crippen LogP) is 2.69. The van der Waals surface area contributed by atoms with Crippen LogP contribution in [0.1, 0.15) is 52.9 Å². The van der Waals surface area contributed by atoms with Gasteiger partial charge in [-0.2, -0.15) is 0 Å². The first kappa shape index (κ1) is 14.2. The Hall–Kier alpha value is 0.110. The van der Waals surface area contributed by atoms with Crippen molar-refractivity contribution in [3.8, 4) is 0 Å². The van der Waals surface area contributed by atoms with Gasteiger partial charge in [-0.15, -0.1) is 0 Å². The van der Waals surface area contributed by atoms with Crippen LogP contribution in [-0.4, -0.2) is 21.3 Å². The third-order valence-electron chi connectivity index (χ3n) is 3.80. The molecule has 96 valence electrons. The zero-order valence-corrected chi connectivity index (χ0v) is 11.8. The van der Waals surface area contributed by atoms with E-state index >= 15 is 0 Å². The number of rotatable bonds is 5. The summed E-state index contributed by atoms with van der Waals surface area (Å²) in [5.74, 6) is 1.29. The minimum atomic E-state index is -0.692. The Kier molecular flexibility index (Phi) is 5.98. The summed E-state index contributed by atoms with van der Waals surface area (Å²) in [6.07, 6.45) is 6.16. The topological polar surface area (TPSA) is 43.1 Å². The van der Waals surface area contributed by atoms with Gasteiger partial charge in [0.25, 0.3) is 0 Å². The highest BCUT2D eigenvalue weighted by atomic mass is 32.2. The van der Waals surface area contributed by atoms with Gasteiger partial charge in [-0.25, -0.2) is 0 Å². The molecule has 0 radical (unpaired) electrons. The molecule has 1 fully saturated rings. The standard InChI is InChI=1S/C13H27NOS/c1-4-5-11-6-7-12(9-14)13(8-11)16(15)10(2)3/h10-13H,4-9,14H2,1-3H3. The fourth-order valence-corrected chi connectivity index (χ4v) is 4.64. The third kappa shape index (κ3) is 3.56. The van der Waals surface area contributed by atoms with Crippen molar-refractivity contribution >= 4 is 10.8 Å². The molecule has 0 aromatic rings. The number of hydrogen-bond acceptors (Lipinski definition) is 2. The first-order valence-corrected chi connectivity index (χ1v) is 7.97. The van der Waals surface area contributed by atoms with E-state index in [0.29, 0.717) is 17.7 Å². The first-order chi connectivity index (χ1) is 7.60. The molecule has 0 aliphatic heterocycles. The van der Waals surface area contributed by atoms with Crippen molar-refractivity contribution in [3.05, 3.63) is 0 Å². The summed E-state index contributed by atoms with van der Waals surface area (Å²) >= 11 is 0. The van der Waals surface area contributed by atoms with Crippen LogP contribution in [0.5, 0.6) is 0 Å². The fraction of sp³-hybridized carbons (Fsp3) is 1.00. The molecule has 0 spiro atoms. The quantitative estimate of drug-likeness (QED) is 0.809. The minimum absolute atomic E-state index is 0.277. The highest BCUT2D eigenvalue weighted by molar-refractivity contribution is 7.86. The van der Waals surface area contributed by atoms with Crippen LogP contribution in [0.4, 0.5) is 0 Å². The molecule has 1 rings (SSSR count). The Bertz CT molecular complexity index is 230. The van der Waals surface area contributed by atoms with E-state index in [0.717, 1.165) is 12.3 Å². The lowest BCUT2D eigenvalue weighted by atomic mass is 9.80. The van der Waals surface area contributed by atoms with E-state index in [1.807, 2.05) is 0 Å². The largest absolute Gasteiger partial charge is 0.330 e. The molecule has 3 heteroatoms. The maximum Gasteiger partial charge on any atom is 0.0393 e. The van der Waals surface area contributed by atoms with E-state index in [-0.39, 0.29) is 5.25 Å². The van der Waals surface area contributed by atoms with Crippen molar-refractivity contribution in [2.24, 2.45) is 17.6 Å². The van der Waals surface area contributed by atoms with Gasteiger partial charge >= 0.3 is 0 Å². The molecule has 0 bridgehead atoms. The van der Waals surface area contributed by atoms with Gasteiger partial charge in [-0.1, -0.05) is 40.0 Å². The molecule has 1 saturated carbocycles. The molecule has 0 saturated heterocycles. The Balaban J connectivity index is 2.63. The maximum atomic E-state index is 12.3. The smallest absolute Gasteiger partial charge is 0.0393 e. The average Bonchev–Trinajstić information content (AvgIpc) is 2.28. The monoisotopic (exact) mass is 245 g/mol. The van der Waals surface area contributed by atoms with Gasteiger partial charge in [-0.05, 0) is 31.2 Å². The van der Waals surface area contributed by atoms with Crippen LogP contribution in [0.2, 0.25) is 0 Å². The molecule has 4 unspecified atom stereocenters. The lowest BCUT2D eigenvalue weighted by molar-refractivity contribution is 0.272. The van der Waals surface area contributed by atoms with Crippen LogP contribution in [0.3, 0.4) is 0 Å². The normalized spacial score (nSPS) is 32.9. The van der Waals surface area contributed by atoms with Crippen LogP contribution in [-0.2, 0) is 10.8 Å². The molecule has 2 nitrogen and oxygen atoms in total. The van der Waals surface area contributed by atoms with E-state index in [9.17, 15) is 4.21 Å². The average molecular weight is 245 g/mol. The van der Waals surface area contributed by atoms with Gasteiger partial charge in [0.1, 0.15) is 0 Å². The highest BCUT2D eigenvalue weighted by Crippen LogP contribution is 2.35. The fourth-order valence-electron chi connectivity index (χ4n) is 2.85. The molecule has 0 aromatic carbocycles. The van der Waals surface area contributed by atoms with Crippen molar-refractivity contribution in [2.45, 2.75) is 63.4 Å². The zero-order chi connectivity index (χ0) is 12.1. The second-order valence-corrected chi connectivity index (χ2v) is 7.58. The second-order valence-electron chi connectivity index (χ2n) is 5.38. The summed E-state index contributed by atoms with van der Waals surface area (Å²) in [6.45, 7) is 7.08. The summed E-state index contributed by atoms with van der Waals surface area (Å²) < 4.78 is 12.3. The van der Waals surface area contributed by atoms with Gasteiger partial charge < -0.3 is 5.73 Å². The summed E-state index contributed by atoms with van der Waals surface area (Å²) in [5.41, 5.74) is 5.82. The van der Waals surface area contributed by atoms with E-state index in [1.54, 1.807) is 0 Å². The molecule has 1 aliphatic rings. The Morgan fingerprint density at radius 1 is 1.38 bits per heavy atom. The number of hydrogen-bond donors (Lipinski definition) is 1. The van der Waals surface area contributed by atoms with Gasteiger partial charge in [0, 0.05) is 21.3 Å². The third-order valence-corrected chi connectivity index (χ3v) is 5.90. The summed E-state index contributed by atoms with van der Waals surface area (Å²) in [5, 5.41) is 0.634. The van der Waals surface area contributed by atoms with Crippen LogP contribution in [0.15, 0.2) is 0 Å². The predicted molar refractivity (Wildman–Crippen MR) is 71.9 cm³/mol. The second kappa shape index (κ2) is 6.75. The Morgan fingerprint density at radius 2 is 2.06 bits per heavy atom. The zero-order valence-electron chi connectivity index (χ0n) is 10.9. The molecule has 4 atom stereocenters. The lowest BCUT2D eigenvalue weighted by Gasteiger charge is -2.35. The summed E-state index contributed by atoms with van der Waals surface area (Å²) in [6, 6.07) is 0. The number of nitrogens with two attached hydrogens (primary N) is 1. The van der Waals surface area contributed by atoms with Crippen molar-refractivity contribution in [3.63, 3.8) is 0 Å². The van der Waals surface area contributed by atoms with Gasteiger partial charge in [0.2, 0.25) is 0 Å². The summed E-state index contributed by atoms with van der Waals surface area (Å²) in [4.78, 5) is 0. The van der Waals surface area contributed by atoms with E-state index in [1.165, 1.54) is 25.7 Å². The van der Waals surface area contributed by atoms with Crippen molar-refractivity contribution < 1.29 is 4.21 Å². The van der Waals surface area contributed by atoms with Crippen molar-refractivity contribution in [2.75, 3.05) is 6.54 Å². The molecule has 0 aromatic heterocycles. The molecular weight excluding hydrogens is 218 g/mol. The molecule has 0 heterocycles. The van der Waals surface area contributed by atoms with Crippen LogP contribution in [0, 0.1) is 11.8 Å². The Morgan fingerprint density at radius 3 is 2.56 bits per heavy atom. The van der Waals surface area contributed by atoms with E-state index in [4.69, 9.17) is 5.73 Å². The first-order valence-electron chi connectivity index (χ1n) is 6.69. The summed E-state index contributed by atoms with van der Waals surface area (Å²) in [7, 11) is -0.692. The van der Waals surface area contributed by atoms with Gasteiger partial charge in [0.05, 0.1) is 0 Å². The minimum Gasteiger partial charge on any atom is -0.330 e. The maximum absolute atomic E-state index is 12.3.